The number of hydrogen-bond acceptors (Lipinski definition) is 3. The van der Waals surface area contributed by atoms with Crippen LogP contribution in [0.4, 0.5) is 11.4 Å². The van der Waals surface area contributed by atoms with Gasteiger partial charge < -0.3 is 15.7 Å². The summed E-state index contributed by atoms with van der Waals surface area (Å²) in [6.45, 7) is 3.93. The van der Waals surface area contributed by atoms with Crippen LogP contribution in [0, 0.1) is 12.8 Å². The minimum absolute atomic E-state index is 0.412. The molecule has 1 saturated heterocycles. The maximum atomic E-state index is 10.8. The van der Waals surface area contributed by atoms with Crippen molar-refractivity contribution in [1.29, 1.82) is 0 Å². The van der Waals surface area contributed by atoms with E-state index in [1.807, 2.05) is 13.0 Å². The summed E-state index contributed by atoms with van der Waals surface area (Å²) >= 11 is 3.63. The zero-order chi connectivity index (χ0) is 14.3. The molecular weight excluding hydrogens is 316 g/mol. The lowest BCUT2D eigenvalue weighted by molar-refractivity contribution is -0.0612. The maximum absolute atomic E-state index is 10.8. The molecule has 1 aromatic carbocycles. The van der Waals surface area contributed by atoms with Gasteiger partial charge in [-0.05, 0) is 59.8 Å². The van der Waals surface area contributed by atoms with E-state index in [4.69, 9.17) is 5.73 Å². The molecule has 4 heteroatoms. The van der Waals surface area contributed by atoms with Crippen molar-refractivity contribution in [3.63, 3.8) is 0 Å². The van der Waals surface area contributed by atoms with Crippen molar-refractivity contribution in [2.45, 2.75) is 44.6 Å². The lowest BCUT2D eigenvalue weighted by atomic mass is 9.71. The molecule has 110 valence electrons. The maximum Gasteiger partial charge on any atom is 0.0709 e. The predicted octanol–water partition coefficient (Wildman–Crippen LogP) is 3.47. The second-order valence-corrected chi connectivity index (χ2v) is 7.26. The Morgan fingerprint density at radius 1 is 1.35 bits per heavy atom. The van der Waals surface area contributed by atoms with Crippen LogP contribution in [-0.2, 0) is 0 Å². The number of benzene rings is 1. The minimum Gasteiger partial charge on any atom is -0.398 e. The third kappa shape index (κ3) is 2.44. The zero-order valence-electron chi connectivity index (χ0n) is 12.0. The Morgan fingerprint density at radius 3 is 2.95 bits per heavy atom. The van der Waals surface area contributed by atoms with Gasteiger partial charge in [-0.25, -0.2) is 0 Å². The number of nitrogens with two attached hydrogens (primary N) is 1. The summed E-state index contributed by atoms with van der Waals surface area (Å²) in [4.78, 5) is 2.40. The van der Waals surface area contributed by atoms with E-state index in [-0.39, 0.29) is 0 Å². The highest BCUT2D eigenvalue weighted by molar-refractivity contribution is 9.10. The molecule has 3 nitrogen and oxygen atoms in total. The Morgan fingerprint density at radius 2 is 2.15 bits per heavy atom. The lowest BCUT2D eigenvalue weighted by Crippen LogP contribution is -2.53. The quantitative estimate of drug-likeness (QED) is 0.771. The van der Waals surface area contributed by atoms with Crippen LogP contribution in [-0.4, -0.2) is 23.8 Å². The van der Waals surface area contributed by atoms with Crippen LogP contribution in [0.5, 0.6) is 0 Å². The van der Waals surface area contributed by atoms with Gasteiger partial charge in [0.25, 0.3) is 0 Å². The van der Waals surface area contributed by atoms with E-state index < -0.39 is 5.60 Å². The molecule has 0 bridgehead atoms. The van der Waals surface area contributed by atoms with Gasteiger partial charge in [0.2, 0.25) is 0 Å². The molecule has 0 aromatic heterocycles. The normalized spacial score (nSPS) is 30.1. The Labute approximate surface area is 129 Å². The summed E-state index contributed by atoms with van der Waals surface area (Å²) in [5, 5.41) is 10.8. The van der Waals surface area contributed by atoms with Crippen LogP contribution in [0.15, 0.2) is 16.6 Å². The summed E-state index contributed by atoms with van der Waals surface area (Å²) < 4.78 is 1.06. The number of fused-ring (bicyclic) bond motifs is 1. The van der Waals surface area contributed by atoms with Gasteiger partial charge in [0.05, 0.1) is 11.3 Å². The first kappa shape index (κ1) is 14.2. The van der Waals surface area contributed by atoms with E-state index in [0.29, 0.717) is 5.92 Å². The summed E-state index contributed by atoms with van der Waals surface area (Å²) in [5.41, 5.74) is 8.70. The van der Waals surface area contributed by atoms with Gasteiger partial charge in [-0.2, -0.15) is 0 Å². The first-order valence-corrected chi connectivity index (χ1v) is 8.32. The van der Waals surface area contributed by atoms with Crippen LogP contribution in [0.3, 0.4) is 0 Å². The highest BCUT2D eigenvalue weighted by Gasteiger charge is 2.42. The van der Waals surface area contributed by atoms with Crippen LogP contribution in [0.25, 0.3) is 0 Å². The Kier molecular flexibility index (Phi) is 3.71. The lowest BCUT2D eigenvalue weighted by Gasteiger charge is -2.48. The number of hydrogen-bond donors (Lipinski definition) is 2. The molecule has 3 N–H and O–H groups in total. The minimum atomic E-state index is -0.413. The number of piperidine rings is 1. The number of aliphatic hydroxyl groups is 1. The highest BCUT2D eigenvalue weighted by Crippen LogP contribution is 2.42. The molecule has 1 saturated carbocycles. The first-order chi connectivity index (χ1) is 9.49. The van der Waals surface area contributed by atoms with E-state index in [1.54, 1.807) is 0 Å². The third-order valence-electron chi connectivity index (χ3n) is 5.10. The molecule has 1 aromatic rings. The molecule has 2 unspecified atom stereocenters. The molecule has 2 aliphatic rings. The van der Waals surface area contributed by atoms with Crippen molar-refractivity contribution in [2.75, 3.05) is 23.7 Å². The molecule has 0 radical (unpaired) electrons. The van der Waals surface area contributed by atoms with E-state index in [9.17, 15) is 5.11 Å². The fourth-order valence-corrected chi connectivity index (χ4v) is 4.33. The number of aryl methyl sites for hydroxylation is 1. The van der Waals surface area contributed by atoms with Crippen LogP contribution >= 0.6 is 15.9 Å². The fourth-order valence-electron chi connectivity index (χ4n) is 3.71. The SMILES string of the molecule is Cc1cc(N2CCC3(O)CCCCC3C2)c(Br)cc1N. The Balaban J connectivity index is 1.84. The molecule has 1 aliphatic heterocycles. The fraction of sp³-hybridized carbons (Fsp3) is 0.625. The largest absolute Gasteiger partial charge is 0.398 e. The molecule has 2 fully saturated rings. The molecule has 20 heavy (non-hydrogen) atoms. The van der Waals surface area contributed by atoms with Gasteiger partial charge >= 0.3 is 0 Å². The van der Waals surface area contributed by atoms with E-state index in [1.165, 1.54) is 18.5 Å². The Hall–Kier alpha value is -0.740. The number of halogens is 1. The molecular formula is C16H23BrN2O. The van der Waals surface area contributed by atoms with E-state index >= 15 is 0 Å². The molecule has 0 spiro atoms. The van der Waals surface area contributed by atoms with Gasteiger partial charge in [-0.1, -0.05) is 12.8 Å². The first-order valence-electron chi connectivity index (χ1n) is 7.52. The summed E-state index contributed by atoms with van der Waals surface area (Å²) in [7, 11) is 0. The third-order valence-corrected chi connectivity index (χ3v) is 5.74. The molecule has 1 heterocycles. The van der Waals surface area contributed by atoms with Crippen LogP contribution in [0.2, 0.25) is 0 Å². The second kappa shape index (κ2) is 5.23. The standard InChI is InChI=1S/C16H23BrN2O/c1-11-8-15(13(17)9-14(11)18)19-7-6-16(20)5-3-2-4-12(16)10-19/h8-9,12,20H,2-7,10,18H2,1H3. The summed E-state index contributed by atoms with van der Waals surface area (Å²) in [5.74, 6) is 0.412. The van der Waals surface area contributed by atoms with Crippen molar-refractivity contribution >= 4 is 27.3 Å². The van der Waals surface area contributed by atoms with E-state index in [2.05, 4.69) is 26.9 Å². The van der Waals surface area contributed by atoms with Gasteiger partial charge in [-0.15, -0.1) is 0 Å². The number of rotatable bonds is 1. The monoisotopic (exact) mass is 338 g/mol. The Bertz CT molecular complexity index is 519. The van der Waals surface area contributed by atoms with Crippen molar-refractivity contribution in [3.8, 4) is 0 Å². The number of nitrogens with zero attached hydrogens (tertiary/aromatic N) is 1. The average molecular weight is 339 g/mol. The smallest absolute Gasteiger partial charge is 0.0709 e. The molecule has 1 aliphatic carbocycles. The van der Waals surface area contributed by atoms with Crippen LogP contribution in [0.1, 0.15) is 37.7 Å². The summed E-state index contributed by atoms with van der Waals surface area (Å²) in [6.07, 6.45) is 5.44. The topological polar surface area (TPSA) is 49.5 Å². The van der Waals surface area contributed by atoms with Crippen molar-refractivity contribution in [1.82, 2.24) is 0 Å². The number of nitrogen functional groups attached to an aromatic ring is 1. The van der Waals surface area contributed by atoms with E-state index in [0.717, 1.165) is 48.1 Å². The highest BCUT2D eigenvalue weighted by atomic mass is 79.9. The molecule has 0 amide bonds. The van der Waals surface area contributed by atoms with Crippen molar-refractivity contribution in [2.24, 2.45) is 5.92 Å². The van der Waals surface area contributed by atoms with Gasteiger partial charge in [0, 0.05) is 29.2 Å². The second-order valence-electron chi connectivity index (χ2n) is 6.40. The molecule has 2 atom stereocenters. The summed E-state index contributed by atoms with van der Waals surface area (Å²) in [6, 6.07) is 4.15. The van der Waals surface area contributed by atoms with Gasteiger partial charge in [0.15, 0.2) is 0 Å². The zero-order valence-corrected chi connectivity index (χ0v) is 13.6. The van der Waals surface area contributed by atoms with Crippen LogP contribution < -0.4 is 10.6 Å². The average Bonchev–Trinajstić information content (AvgIpc) is 2.42. The number of anilines is 2. The van der Waals surface area contributed by atoms with Crippen molar-refractivity contribution in [3.05, 3.63) is 22.2 Å². The molecule has 3 rings (SSSR count). The van der Waals surface area contributed by atoms with Gasteiger partial charge in [0.1, 0.15) is 0 Å². The predicted molar refractivity (Wildman–Crippen MR) is 87.0 cm³/mol. The van der Waals surface area contributed by atoms with Crippen molar-refractivity contribution < 1.29 is 5.11 Å². The van der Waals surface area contributed by atoms with Gasteiger partial charge in [-0.3, -0.25) is 0 Å².